The highest BCUT2D eigenvalue weighted by Gasteiger charge is 2.32. The molecule has 2 unspecified atom stereocenters. The molecule has 0 saturated carbocycles. The highest BCUT2D eigenvalue weighted by atomic mass is 79.9. The Bertz CT molecular complexity index is 680. The molecule has 0 aliphatic heterocycles. The van der Waals surface area contributed by atoms with E-state index in [9.17, 15) is 5.11 Å². The molecule has 0 saturated heterocycles. The van der Waals surface area contributed by atoms with Gasteiger partial charge in [-0.15, -0.1) is 0 Å². The second-order valence-electron chi connectivity index (χ2n) is 7.19. The maximum atomic E-state index is 10.4. The zero-order valence-electron chi connectivity index (χ0n) is 15.4. The van der Waals surface area contributed by atoms with E-state index in [-0.39, 0.29) is 5.92 Å². The Morgan fingerprint density at radius 2 is 1.72 bits per heavy atom. The second kappa shape index (κ2) is 8.57. The van der Waals surface area contributed by atoms with Crippen molar-refractivity contribution < 1.29 is 9.59 Å². The maximum Gasteiger partial charge on any atom is 0.141 e. The number of hydrogen-bond donors (Lipinski definition) is 1. The lowest BCUT2D eigenvalue weighted by atomic mass is 9.87. The van der Waals surface area contributed by atoms with Crippen molar-refractivity contribution in [3.8, 4) is 5.75 Å². The van der Waals surface area contributed by atoms with E-state index < -0.39 is 0 Å². The third kappa shape index (κ3) is 4.78. The third-order valence-electron chi connectivity index (χ3n) is 5.46. The van der Waals surface area contributed by atoms with E-state index in [2.05, 4.69) is 55.9 Å². The summed E-state index contributed by atoms with van der Waals surface area (Å²) in [5.41, 5.74) is 2.11. The summed E-state index contributed by atoms with van der Waals surface area (Å²) in [7, 11) is 2.28. The van der Waals surface area contributed by atoms with Gasteiger partial charge in [0.25, 0.3) is 0 Å². The Kier molecular flexibility index (Phi) is 6.95. The molecule has 0 aromatic heterocycles. The van der Waals surface area contributed by atoms with Gasteiger partial charge in [-0.2, -0.15) is 0 Å². The highest BCUT2D eigenvalue weighted by molar-refractivity contribution is 9.09. The lowest BCUT2D eigenvalue weighted by Crippen LogP contribution is -2.54. The molecular formula is C21H28BrClNO+. The van der Waals surface area contributed by atoms with Gasteiger partial charge in [-0.05, 0) is 60.5 Å². The average molecular weight is 426 g/mol. The molecular weight excluding hydrogens is 398 g/mol. The summed E-state index contributed by atoms with van der Waals surface area (Å²) in [6.45, 7) is 7.71. The lowest BCUT2D eigenvalue weighted by molar-refractivity contribution is -0.936. The van der Waals surface area contributed by atoms with Gasteiger partial charge in [0, 0.05) is 22.9 Å². The van der Waals surface area contributed by atoms with Crippen molar-refractivity contribution in [2.24, 2.45) is 0 Å². The van der Waals surface area contributed by atoms with Gasteiger partial charge >= 0.3 is 0 Å². The van der Waals surface area contributed by atoms with E-state index in [0.29, 0.717) is 21.8 Å². The minimum absolute atomic E-state index is 0.113. The Balaban J connectivity index is 2.38. The summed E-state index contributed by atoms with van der Waals surface area (Å²) < 4.78 is 0.921. The van der Waals surface area contributed by atoms with Crippen LogP contribution in [0.3, 0.4) is 0 Å². The molecule has 0 amide bonds. The van der Waals surface area contributed by atoms with E-state index in [0.717, 1.165) is 23.0 Å². The SMILES string of the molecule is CC(C)[N+](C)(CC[C@H](c1ccccc1)c1cc(Cl)ccc1O)C(C)Br. The van der Waals surface area contributed by atoms with Crippen molar-refractivity contribution in [1.29, 1.82) is 0 Å². The lowest BCUT2D eigenvalue weighted by Gasteiger charge is -2.42. The fourth-order valence-electron chi connectivity index (χ4n) is 3.25. The minimum atomic E-state index is 0.113. The van der Waals surface area contributed by atoms with Crippen LogP contribution in [-0.4, -0.2) is 34.2 Å². The number of hydrogen-bond acceptors (Lipinski definition) is 1. The van der Waals surface area contributed by atoms with Crippen molar-refractivity contribution in [2.75, 3.05) is 13.6 Å². The average Bonchev–Trinajstić information content (AvgIpc) is 2.58. The quantitative estimate of drug-likeness (QED) is 0.320. The zero-order chi connectivity index (χ0) is 18.6. The predicted octanol–water partition coefficient (Wildman–Crippen LogP) is 6.16. The maximum absolute atomic E-state index is 10.4. The largest absolute Gasteiger partial charge is 0.508 e. The van der Waals surface area contributed by atoms with Crippen LogP contribution in [0, 0.1) is 0 Å². The molecule has 2 aromatic rings. The van der Waals surface area contributed by atoms with Crippen molar-refractivity contribution in [3.05, 3.63) is 64.7 Å². The molecule has 0 spiro atoms. The first-order valence-electron chi connectivity index (χ1n) is 8.78. The summed E-state index contributed by atoms with van der Waals surface area (Å²) >= 11 is 10.0. The summed E-state index contributed by atoms with van der Waals surface area (Å²) in [4.78, 5) is 0.358. The minimum Gasteiger partial charge on any atom is -0.508 e. The molecule has 4 heteroatoms. The number of nitrogens with zero attached hydrogens (tertiary/aromatic N) is 1. The zero-order valence-corrected chi connectivity index (χ0v) is 17.8. The van der Waals surface area contributed by atoms with Crippen LogP contribution >= 0.6 is 27.5 Å². The van der Waals surface area contributed by atoms with Gasteiger partial charge in [-0.25, -0.2) is 0 Å². The Morgan fingerprint density at radius 3 is 2.28 bits per heavy atom. The molecule has 0 heterocycles. The number of rotatable bonds is 7. The predicted molar refractivity (Wildman–Crippen MR) is 111 cm³/mol. The topological polar surface area (TPSA) is 20.2 Å². The number of phenolic OH excluding ortho intramolecular Hbond substituents is 1. The van der Waals surface area contributed by atoms with Crippen molar-refractivity contribution in [3.63, 3.8) is 0 Å². The number of halogens is 2. The molecule has 136 valence electrons. The first-order valence-corrected chi connectivity index (χ1v) is 10.1. The van der Waals surface area contributed by atoms with Crippen LogP contribution in [-0.2, 0) is 0 Å². The molecule has 2 aromatic carbocycles. The molecule has 0 radical (unpaired) electrons. The summed E-state index contributed by atoms with van der Waals surface area (Å²) in [6.07, 6.45) is 0.933. The Labute approximate surface area is 165 Å². The molecule has 0 bridgehead atoms. The smallest absolute Gasteiger partial charge is 0.141 e. The van der Waals surface area contributed by atoms with Crippen molar-refractivity contribution in [1.82, 2.24) is 0 Å². The van der Waals surface area contributed by atoms with Crippen LogP contribution in [0.15, 0.2) is 48.5 Å². The van der Waals surface area contributed by atoms with Gasteiger partial charge in [0.1, 0.15) is 10.7 Å². The fraction of sp³-hybridized carbons (Fsp3) is 0.429. The van der Waals surface area contributed by atoms with Crippen LogP contribution in [0.5, 0.6) is 5.75 Å². The highest BCUT2D eigenvalue weighted by Crippen LogP contribution is 2.37. The number of phenols is 1. The standard InChI is InChI=1S/C21H27BrClNO/c1-15(2)24(4,16(3)22)13-12-19(17-8-6-5-7-9-17)20-14-18(23)10-11-21(20)25/h5-11,14-16,19H,12-13H2,1-4H3/p+1/t16?,19-,24?/m1/s1. The van der Waals surface area contributed by atoms with E-state index in [1.54, 1.807) is 12.1 Å². The number of quaternary nitrogens is 1. The van der Waals surface area contributed by atoms with Gasteiger partial charge in [0.15, 0.2) is 0 Å². The van der Waals surface area contributed by atoms with Gasteiger partial charge in [0.2, 0.25) is 0 Å². The molecule has 2 nitrogen and oxygen atoms in total. The van der Waals surface area contributed by atoms with Crippen LogP contribution in [0.2, 0.25) is 5.02 Å². The van der Waals surface area contributed by atoms with Gasteiger partial charge < -0.3 is 9.59 Å². The number of aromatic hydroxyl groups is 1. The molecule has 2 rings (SSSR count). The van der Waals surface area contributed by atoms with Crippen LogP contribution in [0.1, 0.15) is 44.2 Å². The van der Waals surface area contributed by atoms with Crippen LogP contribution in [0.25, 0.3) is 0 Å². The van der Waals surface area contributed by atoms with Gasteiger partial charge in [0.05, 0.1) is 19.6 Å². The van der Waals surface area contributed by atoms with Crippen LogP contribution < -0.4 is 0 Å². The molecule has 3 atom stereocenters. The molecule has 25 heavy (non-hydrogen) atoms. The molecule has 1 N–H and O–H groups in total. The molecule has 0 fully saturated rings. The molecule has 0 aliphatic carbocycles. The van der Waals surface area contributed by atoms with E-state index >= 15 is 0 Å². The van der Waals surface area contributed by atoms with Crippen molar-refractivity contribution in [2.45, 2.75) is 44.1 Å². The first-order chi connectivity index (χ1) is 11.8. The van der Waals surface area contributed by atoms with E-state index in [1.807, 2.05) is 24.3 Å². The van der Waals surface area contributed by atoms with Crippen molar-refractivity contribution >= 4 is 27.5 Å². The Hall–Kier alpha value is -1.03. The van der Waals surface area contributed by atoms with E-state index in [1.165, 1.54) is 5.56 Å². The fourth-order valence-corrected chi connectivity index (χ4v) is 4.10. The van der Waals surface area contributed by atoms with Gasteiger partial charge in [-0.3, -0.25) is 0 Å². The number of alkyl halides is 1. The molecule has 0 aliphatic rings. The summed E-state index contributed by atoms with van der Waals surface area (Å²) in [5.74, 6) is 0.422. The normalized spacial score (nSPS) is 16.4. The summed E-state index contributed by atoms with van der Waals surface area (Å²) in [5, 5.41) is 11.1. The second-order valence-corrected chi connectivity index (χ2v) is 8.95. The first kappa shape index (κ1) is 20.3. The van der Waals surface area contributed by atoms with Crippen LogP contribution in [0.4, 0.5) is 0 Å². The van der Waals surface area contributed by atoms with E-state index in [4.69, 9.17) is 11.6 Å². The monoisotopic (exact) mass is 424 g/mol. The third-order valence-corrected chi connectivity index (χ3v) is 6.63. The van der Waals surface area contributed by atoms with Gasteiger partial charge in [-0.1, -0.05) is 41.9 Å². The summed E-state index contributed by atoms with van der Waals surface area (Å²) in [6, 6.07) is 16.2. The Morgan fingerprint density at radius 1 is 1.08 bits per heavy atom. The number of benzene rings is 2.